The maximum absolute atomic E-state index is 6.48. The normalized spacial score (nSPS) is 17.9. The molecule has 3 N–H and O–H groups in total. The molecule has 0 aromatic carbocycles. The Kier molecular flexibility index (Phi) is 4.26. The summed E-state index contributed by atoms with van der Waals surface area (Å²) < 4.78 is 6.48. The lowest BCUT2D eigenvalue weighted by Gasteiger charge is -2.44. The minimum Gasteiger partial charge on any atom is -0.384 e. The van der Waals surface area contributed by atoms with E-state index >= 15 is 0 Å². The average molecular weight is 433 g/mol. The van der Waals surface area contributed by atoms with Crippen molar-refractivity contribution >= 4 is 34.0 Å². The molecule has 0 atom stereocenters. The van der Waals surface area contributed by atoms with E-state index in [9.17, 15) is 0 Å². The first-order chi connectivity index (χ1) is 15.1. The number of piperidine rings is 1. The Morgan fingerprint density at radius 2 is 2.03 bits per heavy atom. The lowest BCUT2D eigenvalue weighted by Crippen LogP contribution is -2.46. The molecule has 1 spiro atoms. The number of ether oxygens (including phenoxy) is 1. The molecule has 1 saturated heterocycles. The zero-order valence-corrected chi connectivity index (χ0v) is 18.2. The fourth-order valence-electron chi connectivity index (χ4n) is 4.90. The Labute approximate surface area is 184 Å². The van der Waals surface area contributed by atoms with Crippen LogP contribution in [0.1, 0.15) is 29.1 Å². The van der Waals surface area contributed by atoms with E-state index in [1.807, 2.05) is 48.7 Å². The molecule has 0 unspecified atom stereocenters. The molecule has 2 aliphatic rings. The number of pyridine rings is 1. The zero-order chi connectivity index (χ0) is 21.0. The van der Waals surface area contributed by atoms with Crippen LogP contribution in [-0.2, 0) is 16.8 Å². The number of thiophene rings is 1. The van der Waals surface area contributed by atoms with Gasteiger partial charge in [0.05, 0.1) is 28.3 Å². The third-order valence-corrected chi connectivity index (χ3v) is 7.62. The van der Waals surface area contributed by atoms with Crippen molar-refractivity contribution in [1.29, 1.82) is 0 Å². The second-order valence-electron chi connectivity index (χ2n) is 8.31. The van der Waals surface area contributed by atoms with E-state index in [4.69, 9.17) is 15.5 Å². The van der Waals surface area contributed by atoms with Crippen LogP contribution in [0.5, 0.6) is 0 Å². The van der Waals surface area contributed by atoms with Gasteiger partial charge >= 0.3 is 0 Å². The van der Waals surface area contributed by atoms with Gasteiger partial charge in [-0.25, -0.2) is 15.0 Å². The van der Waals surface area contributed by atoms with Gasteiger partial charge in [0, 0.05) is 30.6 Å². The Morgan fingerprint density at radius 1 is 1.16 bits per heavy atom. The van der Waals surface area contributed by atoms with Crippen molar-refractivity contribution in [3.05, 3.63) is 52.8 Å². The van der Waals surface area contributed by atoms with Crippen LogP contribution in [-0.4, -0.2) is 39.6 Å². The highest BCUT2D eigenvalue weighted by molar-refractivity contribution is 7.15. The van der Waals surface area contributed by atoms with Crippen molar-refractivity contribution in [3.8, 4) is 10.6 Å². The number of hydrogen-bond donors (Lipinski definition) is 2. The number of anilines is 2. The maximum atomic E-state index is 6.48. The van der Waals surface area contributed by atoms with E-state index in [0.29, 0.717) is 5.82 Å². The van der Waals surface area contributed by atoms with Gasteiger partial charge in [0.15, 0.2) is 5.82 Å². The Bertz CT molecular complexity index is 1270. The summed E-state index contributed by atoms with van der Waals surface area (Å²) >= 11 is 1.83. The van der Waals surface area contributed by atoms with Crippen LogP contribution in [0.15, 0.2) is 36.5 Å². The lowest BCUT2D eigenvalue weighted by molar-refractivity contribution is -0.0756. The van der Waals surface area contributed by atoms with Gasteiger partial charge in [-0.05, 0) is 49.6 Å². The van der Waals surface area contributed by atoms with Crippen LogP contribution in [0.4, 0.5) is 11.6 Å². The number of aromatic nitrogens is 4. The average Bonchev–Trinajstić information content (AvgIpc) is 3.42. The number of nitrogens with zero attached hydrogens (tertiary/aromatic N) is 4. The number of hydrogen-bond acceptors (Lipinski definition) is 7. The topological polar surface area (TPSA) is 93.0 Å². The van der Waals surface area contributed by atoms with E-state index in [-0.39, 0.29) is 5.60 Å². The highest BCUT2D eigenvalue weighted by Crippen LogP contribution is 2.47. The van der Waals surface area contributed by atoms with Crippen molar-refractivity contribution in [2.24, 2.45) is 0 Å². The Morgan fingerprint density at radius 3 is 2.87 bits per heavy atom. The van der Waals surface area contributed by atoms with Gasteiger partial charge in [0.25, 0.3) is 0 Å². The van der Waals surface area contributed by atoms with Crippen LogP contribution in [0.25, 0.3) is 21.6 Å². The van der Waals surface area contributed by atoms with Crippen molar-refractivity contribution in [3.63, 3.8) is 0 Å². The minimum atomic E-state index is -0.226. The van der Waals surface area contributed by atoms with Crippen LogP contribution in [0, 0.1) is 6.92 Å². The number of H-pyrrole nitrogens is 1. The predicted octanol–water partition coefficient (Wildman–Crippen LogP) is 4.04. The smallest absolute Gasteiger partial charge is 0.156 e. The van der Waals surface area contributed by atoms with Gasteiger partial charge in [0.1, 0.15) is 17.2 Å². The molecule has 2 aliphatic heterocycles. The summed E-state index contributed by atoms with van der Waals surface area (Å²) in [4.78, 5) is 22.1. The molecule has 0 amide bonds. The molecule has 0 bridgehead atoms. The Hall–Kier alpha value is -2.97. The summed E-state index contributed by atoms with van der Waals surface area (Å²) in [6, 6.07) is 10.1. The van der Waals surface area contributed by atoms with Crippen LogP contribution in [0.2, 0.25) is 0 Å². The van der Waals surface area contributed by atoms with Crippen LogP contribution in [0.3, 0.4) is 0 Å². The summed E-state index contributed by atoms with van der Waals surface area (Å²) in [6.45, 7) is 4.51. The Balaban J connectivity index is 1.31. The number of rotatable bonds is 2. The second-order valence-corrected chi connectivity index (χ2v) is 9.44. The zero-order valence-electron chi connectivity index (χ0n) is 17.4. The molecule has 4 aromatic heterocycles. The predicted molar refractivity (Wildman–Crippen MR) is 123 cm³/mol. The highest BCUT2D eigenvalue weighted by Gasteiger charge is 2.42. The fourth-order valence-corrected chi connectivity index (χ4v) is 6.10. The van der Waals surface area contributed by atoms with Crippen molar-refractivity contribution in [2.45, 2.75) is 31.8 Å². The van der Waals surface area contributed by atoms with Gasteiger partial charge in [-0.1, -0.05) is 6.07 Å². The highest BCUT2D eigenvalue weighted by atomic mass is 32.1. The van der Waals surface area contributed by atoms with Crippen molar-refractivity contribution in [1.82, 2.24) is 19.9 Å². The summed E-state index contributed by atoms with van der Waals surface area (Å²) in [6.07, 6.45) is 4.76. The summed E-state index contributed by atoms with van der Waals surface area (Å²) in [5, 5.41) is 0. The van der Waals surface area contributed by atoms with Crippen molar-refractivity contribution in [2.75, 3.05) is 30.3 Å². The SMILES string of the molecule is Cc1nc(N2CCC3(CC2)OCCc2sc(-c4cccc(N)n4)cc23)c2[nH]ccc2n1. The largest absolute Gasteiger partial charge is 0.384 e. The molecule has 7 nitrogen and oxygen atoms in total. The molecule has 0 radical (unpaired) electrons. The van der Waals surface area contributed by atoms with Crippen LogP contribution >= 0.6 is 11.3 Å². The van der Waals surface area contributed by atoms with Gasteiger partial charge in [-0.3, -0.25) is 0 Å². The first-order valence-corrected chi connectivity index (χ1v) is 11.5. The van der Waals surface area contributed by atoms with Crippen LogP contribution < -0.4 is 10.6 Å². The first-order valence-electron chi connectivity index (χ1n) is 10.7. The lowest BCUT2D eigenvalue weighted by atomic mass is 9.82. The quantitative estimate of drug-likeness (QED) is 0.497. The van der Waals surface area contributed by atoms with E-state index in [2.05, 4.69) is 25.9 Å². The molecule has 4 aromatic rings. The van der Waals surface area contributed by atoms with Gasteiger partial charge in [0.2, 0.25) is 0 Å². The molecule has 0 aliphatic carbocycles. The first kappa shape index (κ1) is 18.8. The number of nitrogens with two attached hydrogens (primary N) is 1. The van der Waals surface area contributed by atoms with E-state index < -0.39 is 0 Å². The van der Waals surface area contributed by atoms with Gasteiger partial charge in [-0.15, -0.1) is 11.3 Å². The van der Waals surface area contributed by atoms with Gasteiger partial charge in [-0.2, -0.15) is 0 Å². The molecule has 158 valence electrons. The molecule has 6 heterocycles. The standard InChI is InChI=1S/C23H24N6OS/c1-14-26-17-5-9-25-21(17)22(27-14)29-10-7-23(8-11-29)15-13-19(31-18(15)6-12-30-23)16-3-2-4-20(24)28-16/h2-5,9,13,25H,6-8,10-12H2,1H3,(H2,24,28). The summed E-state index contributed by atoms with van der Waals surface area (Å²) in [5.41, 5.74) is 9.95. The third-order valence-electron chi connectivity index (χ3n) is 6.40. The molecule has 31 heavy (non-hydrogen) atoms. The molecular formula is C23H24N6OS. The van der Waals surface area contributed by atoms with E-state index in [1.54, 1.807) is 0 Å². The molecule has 0 saturated carbocycles. The monoisotopic (exact) mass is 432 g/mol. The van der Waals surface area contributed by atoms with Gasteiger partial charge < -0.3 is 20.4 Å². The summed E-state index contributed by atoms with van der Waals surface area (Å²) in [7, 11) is 0. The molecule has 6 rings (SSSR count). The number of fused-ring (bicyclic) bond motifs is 3. The maximum Gasteiger partial charge on any atom is 0.156 e. The summed E-state index contributed by atoms with van der Waals surface area (Å²) in [5.74, 6) is 2.35. The van der Waals surface area contributed by atoms with E-state index in [0.717, 1.165) is 67.3 Å². The molecular weight excluding hydrogens is 408 g/mol. The molecule has 1 fully saturated rings. The molecule has 8 heteroatoms. The second kappa shape index (κ2) is 7.03. The minimum absolute atomic E-state index is 0.226. The number of nitrogens with one attached hydrogen (secondary N) is 1. The number of aromatic amines is 1. The van der Waals surface area contributed by atoms with Crippen molar-refractivity contribution < 1.29 is 4.74 Å². The van der Waals surface area contributed by atoms with E-state index in [1.165, 1.54) is 15.3 Å². The number of aryl methyl sites for hydroxylation is 1. The third kappa shape index (κ3) is 3.09. The number of nitrogen functional groups attached to an aromatic ring is 1. The fraction of sp³-hybridized carbons (Fsp3) is 0.348.